The zero-order valence-corrected chi connectivity index (χ0v) is 13.9. The van der Waals surface area contributed by atoms with Crippen LogP contribution in [0.3, 0.4) is 0 Å². The molecule has 1 aromatic rings. The summed E-state index contributed by atoms with van der Waals surface area (Å²) in [6.07, 6.45) is 1.63. The first-order chi connectivity index (χ1) is 10.6. The Labute approximate surface area is 141 Å². The van der Waals surface area contributed by atoms with Gasteiger partial charge in [0.25, 0.3) is 5.91 Å². The Balaban J connectivity index is 0.00000264. The third-order valence-corrected chi connectivity index (χ3v) is 3.82. The standard InChI is InChI=1S/C16H21N3O3.ClH/c1-12(20)15(18-22)16(21)17-14-7-9-19(10-8-14)11-13-5-3-2-4-6-13;/h2-6,14,20H,7-11H2,1H3,(H,17,21);1H. The second-order valence-corrected chi connectivity index (χ2v) is 5.53. The van der Waals surface area contributed by atoms with E-state index in [0.717, 1.165) is 32.5 Å². The molecule has 2 rings (SSSR count). The summed E-state index contributed by atoms with van der Waals surface area (Å²) < 4.78 is 0. The van der Waals surface area contributed by atoms with Crippen molar-refractivity contribution in [1.29, 1.82) is 0 Å². The first-order valence-corrected chi connectivity index (χ1v) is 7.40. The van der Waals surface area contributed by atoms with Gasteiger partial charge < -0.3 is 10.4 Å². The number of nitrogens with zero attached hydrogens (tertiary/aromatic N) is 2. The zero-order valence-electron chi connectivity index (χ0n) is 13.1. The Bertz CT molecular complexity index is 551. The molecule has 1 aliphatic heterocycles. The number of amides is 1. The molecule has 0 saturated carbocycles. The van der Waals surface area contributed by atoms with Crippen LogP contribution in [-0.4, -0.2) is 35.0 Å². The Kier molecular flexibility index (Phi) is 7.71. The molecule has 1 saturated heterocycles. The zero-order chi connectivity index (χ0) is 15.9. The largest absolute Gasteiger partial charge is 0.510 e. The molecule has 6 nitrogen and oxygen atoms in total. The quantitative estimate of drug-likeness (QED) is 0.491. The summed E-state index contributed by atoms with van der Waals surface area (Å²) in [6.45, 7) is 3.94. The molecule has 0 aromatic heterocycles. The molecule has 1 fully saturated rings. The summed E-state index contributed by atoms with van der Waals surface area (Å²) in [5, 5.41) is 14.6. The number of benzene rings is 1. The van der Waals surface area contributed by atoms with Gasteiger partial charge in [-0.3, -0.25) is 9.69 Å². The SMILES string of the molecule is CC(O)=C(N=O)C(=O)NC1CCN(Cc2ccccc2)CC1.Cl. The Hall–Kier alpha value is -1.92. The van der Waals surface area contributed by atoms with Crippen LogP contribution in [-0.2, 0) is 11.3 Å². The Morgan fingerprint density at radius 2 is 1.91 bits per heavy atom. The summed E-state index contributed by atoms with van der Waals surface area (Å²) in [7, 11) is 0. The van der Waals surface area contributed by atoms with Gasteiger partial charge in [0.05, 0.1) is 0 Å². The molecule has 0 atom stereocenters. The number of nitroso groups, excluding NO2 is 1. The van der Waals surface area contributed by atoms with Gasteiger partial charge in [-0.15, -0.1) is 17.3 Å². The van der Waals surface area contributed by atoms with Crippen molar-refractivity contribution in [3.05, 3.63) is 52.3 Å². The number of nitrogens with one attached hydrogen (secondary N) is 1. The van der Waals surface area contributed by atoms with Gasteiger partial charge in [0.1, 0.15) is 5.76 Å². The van der Waals surface area contributed by atoms with Gasteiger partial charge in [0.2, 0.25) is 5.70 Å². The normalized spacial score (nSPS) is 16.9. The van der Waals surface area contributed by atoms with Crippen LogP contribution in [0.15, 0.2) is 47.0 Å². The summed E-state index contributed by atoms with van der Waals surface area (Å²) >= 11 is 0. The lowest BCUT2D eigenvalue weighted by Crippen LogP contribution is -2.44. The molecule has 23 heavy (non-hydrogen) atoms. The number of rotatable bonds is 5. The third kappa shape index (κ3) is 5.65. The van der Waals surface area contributed by atoms with Gasteiger partial charge in [-0.05, 0) is 30.5 Å². The van der Waals surface area contributed by atoms with Crippen molar-refractivity contribution in [2.75, 3.05) is 13.1 Å². The highest BCUT2D eigenvalue weighted by molar-refractivity contribution is 5.93. The van der Waals surface area contributed by atoms with Gasteiger partial charge in [0, 0.05) is 25.7 Å². The van der Waals surface area contributed by atoms with Gasteiger partial charge >= 0.3 is 0 Å². The minimum absolute atomic E-state index is 0. The summed E-state index contributed by atoms with van der Waals surface area (Å²) in [4.78, 5) is 24.7. The van der Waals surface area contributed by atoms with Crippen LogP contribution in [0.5, 0.6) is 0 Å². The van der Waals surface area contributed by atoms with Crippen molar-refractivity contribution < 1.29 is 9.90 Å². The molecule has 126 valence electrons. The molecule has 1 amide bonds. The van der Waals surface area contributed by atoms with E-state index in [-0.39, 0.29) is 24.2 Å². The van der Waals surface area contributed by atoms with Crippen LogP contribution in [0.2, 0.25) is 0 Å². The number of allylic oxidation sites excluding steroid dienone is 1. The van der Waals surface area contributed by atoms with Gasteiger partial charge in [-0.25, -0.2) is 0 Å². The number of halogens is 1. The number of piperidine rings is 1. The van der Waals surface area contributed by atoms with E-state index < -0.39 is 11.6 Å². The molecule has 0 spiro atoms. The van der Waals surface area contributed by atoms with Gasteiger partial charge in [-0.1, -0.05) is 30.3 Å². The first kappa shape index (κ1) is 19.1. The van der Waals surface area contributed by atoms with Crippen molar-refractivity contribution in [3.8, 4) is 0 Å². The maximum absolute atomic E-state index is 11.8. The number of carbonyl (C=O) groups excluding carboxylic acids is 1. The molecule has 7 heteroatoms. The van der Waals surface area contributed by atoms with E-state index in [1.54, 1.807) is 0 Å². The maximum atomic E-state index is 11.8. The molecule has 0 radical (unpaired) electrons. The van der Waals surface area contributed by atoms with Gasteiger partial charge in [-0.2, -0.15) is 0 Å². The average molecular weight is 340 g/mol. The number of hydrogen-bond acceptors (Lipinski definition) is 5. The van der Waals surface area contributed by atoms with E-state index in [1.165, 1.54) is 12.5 Å². The first-order valence-electron chi connectivity index (χ1n) is 7.40. The van der Waals surface area contributed by atoms with Crippen molar-refractivity contribution in [3.63, 3.8) is 0 Å². The molecule has 0 aliphatic carbocycles. The van der Waals surface area contributed by atoms with Crippen LogP contribution < -0.4 is 5.32 Å². The fourth-order valence-corrected chi connectivity index (χ4v) is 2.60. The van der Waals surface area contributed by atoms with Crippen molar-refractivity contribution in [2.24, 2.45) is 5.18 Å². The molecule has 1 aliphatic rings. The molecular formula is C16H22ClN3O3. The lowest BCUT2D eigenvalue weighted by Gasteiger charge is -2.32. The fraction of sp³-hybridized carbons (Fsp3) is 0.438. The van der Waals surface area contributed by atoms with E-state index in [0.29, 0.717) is 0 Å². The fourth-order valence-electron chi connectivity index (χ4n) is 2.60. The van der Waals surface area contributed by atoms with Crippen LogP contribution in [0.4, 0.5) is 0 Å². The predicted molar refractivity (Wildman–Crippen MR) is 91.3 cm³/mol. The number of hydrogen-bond donors (Lipinski definition) is 2. The number of aliphatic hydroxyl groups is 1. The van der Waals surface area contributed by atoms with Crippen LogP contribution in [0.1, 0.15) is 25.3 Å². The minimum atomic E-state index is -0.600. The van der Waals surface area contributed by atoms with Crippen LogP contribution in [0.25, 0.3) is 0 Å². The third-order valence-electron chi connectivity index (χ3n) is 3.82. The molecule has 1 aromatic carbocycles. The van der Waals surface area contributed by atoms with E-state index in [1.807, 2.05) is 18.2 Å². The smallest absolute Gasteiger partial charge is 0.277 e. The minimum Gasteiger partial charge on any atom is -0.510 e. The van der Waals surface area contributed by atoms with E-state index in [9.17, 15) is 14.8 Å². The van der Waals surface area contributed by atoms with E-state index in [2.05, 4.69) is 27.5 Å². The maximum Gasteiger partial charge on any atom is 0.277 e. The summed E-state index contributed by atoms with van der Waals surface area (Å²) in [6, 6.07) is 10.3. The average Bonchev–Trinajstić information content (AvgIpc) is 2.50. The number of carbonyl (C=O) groups is 1. The van der Waals surface area contributed by atoms with Crippen molar-refractivity contribution in [2.45, 2.75) is 32.4 Å². The molecule has 2 N–H and O–H groups in total. The highest BCUT2D eigenvalue weighted by Crippen LogP contribution is 2.14. The van der Waals surface area contributed by atoms with Crippen molar-refractivity contribution in [1.82, 2.24) is 10.2 Å². The predicted octanol–water partition coefficient (Wildman–Crippen LogP) is 2.74. The molecule has 0 bridgehead atoms. The lowest BCUT2D eigenvalue weighted by atomic mass is 10.0. The summed E-state index contributed by atoms with van der Waals surface area (Å²) in [5.41, 5.74) is 0.836. The van der Waals surface area contributed by atoms with Crippen LogP contribution in [0, 0.1) is 4.91 Å². The van der Waals surface area contributed by atoms with E-state index in [4.69, 9.17) is 0 Å². The lowest BCUT2D eigenvalue weighted by molar-refractivity contribution is -0.118. The van der Waals surface area contributed by atoms with Crippen molar-refractivity contribution >= 4 is 18.3 Å². The second kappa shape index (κ2) is 9.27. The summed E-state index contributed by atoms with van der Waals surface area (Å²) in [5.74, 6) is -0.953. The topological polar surface area (TPSA) is 82.0 Å². The Morgan fingerprint density at radius 3 is 2.43 bits per heavy atom. The Morgan fingerprint density at radius 1 is 1.30 bits per heavy atom. The second-order valence-electron chi connectivity index (χ2n) is 5.53. The number of aliphatic hydroxyl groups excluding tert-OH is 1. The number of likely N-dealkylation sites (tertiary alicyclic amines) is 1. The molecule has 0 unspecified atom stereocenters. The molecular weight excluding hydrogens is 318 g/mol. The highest BCUT2D eigenvalue weighted by atomic mass is 35.5. The highest BCUT2D eigenvalue weighted by Gasteiger charge is 2.23. The molecule has 1 heterocycles. The van der Waals surface area contributed by atoms with Crippen LogP contribution >= 0.6 is 12.4 Å². The van der Waals surface area contributed by atoms with Gasteiger partial charge in [0.15, 0.2) is 0 Å². The van der Waals surface area contributed by atoms with E-state index >= 15 is 0 Å². The monoisotopic (exact) mass is 339 g/mol.